The van der Waals surface area contributed by atoms with Crippen LogP contribution < -0.4 is 0 Å². The Bertz CT molecular complexity index is 93.8. The summed E-state index contributed by atoms with van der Waals surface area (Å²) >= 11 is 0. The van der Waals surface area contributed by atoms with Crippen LogP contribution in [0.4, 0.5) is 0 Å². The molecule has 0 aromatic heterocycles. The Labute approximate surface area is 62.8 Å². The highest BCUT2D eigenvalue weighted by molar-refractivity contribution is 4.81. The zero-order valence-electron chi connectivity index (χ0n) is 7.04. The lowest BCUT2D eigenvalue weighted by Crippen LogP contribution is -2.52. The molecule has 0 bridgehead atoms. The average Bonchev–Trinajstić information content (AvgIpc) is 1.56. The zero-order valence-corrected chi connectivity index (χ0v) is 7.04. The monoisotopic (exact) mass is 143 g/mol. The van der Waals surface area contributed by atoms with Crippen molar-refractivity contribution in [3.8, 4) is 0 Å². The van der Waals surface area contributed by atoms with Gasteiger partial charge in [-0.15, -0.1) is 0 Å². The third kappa shape index (κ3) is 1.50. The third-order valence-corrected chi connectivity index (χ3v) is 2.41. The molecule has 1 fully saturated rings. The van der Waals surface area contributed by atoms with Crippen molar-refractivity contribution in [1.82, 2.24) is 4.90 Å². The first-order valence-corrected chi connectivity index (χ1v) is 4.03. The first kappa shape index (κ1) is 8.02. The van der Waals surface area contributed by atoms with Crippen molar-refractivity contribution in [2.45, 2.75) is 27.0 Å². The molecule has 2 nitrogen and oxygen atoms in total. The van der Waals surface area contributed by atoms with Crippen molar-refractivity contribution >= 4 is 0 Å². The molecule has 0 saturated carbocycles. The Balaban J connectivity index is 2.18. The molecule has 2 heteroatoms. The van der Waals surface area contributed by atoms with Crippen molar-refractivity contribution in [3.05, 3.63) is 0 Å². The molecule has 1 N–H and O–H groups in total. The molecule has 1 aliphatic rings. The van der Waals surface area contributed by atoms with Gasteiger partial charge in [0.15, 0.2) is 0 Å². The fraction of sp³-hybridized carbons (Fsp3) is 1.00. The summed E-state index contributed by atoms with van der Waals surface area (Å²) in [6.45, 7) is 8.47. The minimum Gasteiger partial charge on any atom is -0.379 e. The van der Waals surface area contributed by atoms with E-state index in [1.807, 2.05) is 6.92 Å². The molecule has 0 spiro atoms. The van der Waals surface area contributed by atoms with Gasteiger partial charge in [0.2, 0.25) is 0 Å². The maximum absolute atomic E-state index is 9.10. The lowest BCUT2D eigenvalue weighted by atomic mass is 9.88. The Morgan fingerprint density at radius 1 is 1.30 bits per heavy atom. The molecule has 0 aromatic rings. The van der Waals surface area contributed by atoms with E-state index < -0.39 is 0 Å². The Hall–Kier alpha value is -0.0800. The van der Waals surface area contributed by atoms with E-state index in [0.29, 0.717) is 0 Å². The second kappa shape index (κ2) is 2.89. The van der Waals surface area contributed by atoms with Crippen LogP contribution in [0.3, 0.4) is 0 Å². The molecule has 1 aliphatic heterocycles. The van der Waals surface area contributed by atoms with E-state index in [2.05, 4.69) is 18.7 Å². The summed E-state index contributed by atoms with van der Waals surface area (Å²) in [5.41, 5.74) is 0. The molecular formula is C8H17NO. The minimum atomic E-state index is -0.241. The van der Waals surface area contributed by atoms with E-state index in [9.17, 15) is 0 Å². The molecule has 1 rings (SSSR count). The number of aliphatic hydroxyl groups is 1. The fourth-order valence-corrected chi connectivity index (χ4v) is 1.28. The predicted molar refractivity (Wildman–Crippen MR) is 41.6 cm³/mol. The lowest BCUT2D eigenvalue weighted by molar-refractivity contribution is -0.0647. The fourth-order valence-electron chi connectivity index (χ4n) is 1.28. The van der Waals surface area contributed by atoms with Gasteiger partial charge in [0.05, 0.1) is 0 Å². The Kier molecular flexibility index (Phi) is 2.32. The van der Waals surface area contributed by atoms with E-state index in [4.69, 9.17) is 5.11 Å². The molecule has 0 amide bonds. The van der Waals surface area contributed by atoms with Crippen molar-refractivity contribution in [2.75, 3.05) is 13.1 Å². The second-order valence-corrected chi connectivity index (χ2v) is 3.59. The van der Waals surface area contributed by atoms with Gasteiger partial charge in [0.25, 0.3) is 0 Å². The quantitative estimate of drug-likeness (QED) is 0.621. The zero-order chi connectivity index (χ0) is 7.72. The van der Waals surface area contributed by atoms with Gasteiger partial charge in [0.1, 0.15) is 6.23 Å². The molecule has 0 radical (unpaired) electrons. The van der Waals surface area contributed by atoms with E-state index >= 15 is 0 Å². The predicted octanol–water partition coefficient (Wildman–Crippen LogP) is 0.913. The van der Waals surface area contributed by atoms with Gasteiger partial charge < -0.3 is 5.11 Å². The molecule has 1 heterocycles. The van der Waals surface area contributed by atoms with Crippen LogP contribution in [0, 0.1) is 11.8 Å². The molecule has 10 heavy (non-hydrogen) atoms. The molecular weight excluding hydrogens is 126 g/mol. The molecule has 60 valence electrons. The van der Waals surface area contributed by atoms with Crippen LogP contribution in [0.1, 0.15) is 20.8 Å². The van der Waals surface area contributed by atoms with Gasteiger partial charge in [-0.1, -0.05) is 13.8 Å². The van der Waals surface area contributed by atoms with Gasteiger partial charge in [-0.3, -0.25) is 4.90 Å². The van der Waals surface area contributed by atoms with Crippen molar-refractivity contribution < 1.29 is 5.11 Å². The van der Waals surface area contributed by atoms with Gasteiger partial charge in [-0.25, -0.2) is 0 Å². The largest absolute Gasteiger partial charge is 0.379 e. The number of nitrogens with zero attached hydrogens (tertiary/aromatic N) is 1. The number of aliphatic hydroxyl groups excluding tert-OH is 1. The van der Waals surface area contributed by atoms with Gasteiger partial charge in [-0.2, -0.15) is 0 Å². The summed E-state index contributed by atoms with van der Waals surface area (Å²) < 4.78 is 0. The number of rotatable bonds is 2. The maximum Gasteiger partial charge on any atom is 0.104 e. The summed E-state index contributed by atoms with van der Waals surface area (Å²) in [4.78, 5) is 2.09. The molecule has 1 atom stereocenters. The van der Waals surface area contributed by atoms with E-state index in [-0.39, 0.29) is 6.23 Å². The average molecular weight is 143 g/mol. The second-order valence-electron chi connectivity index (χ2n) is 3.59. The van der Waals surface area contributed by atoms with Crippen molar-refractivity contribution in [3.63, 3.8) is 0 Å². The van der Waals surface area contributed by atoms with Crippen LogP contribution in [0.15, 0.2) is 0 Å². The van der Waals surface area contributed by atoms with Crippen LogP contribution in [0.25, 0.3) is 0 Å². The summed E-state index contributed by atoms with van der Waals surface area (Å²) in [5, 5.41) is 9.10. The van der Waals surface area contributed by atoms with Crippen LogP contribution in [-0.4, -0.2) is 29.3 Å². The van der Waals surface area contributed by atoms with Crippen molar-refractivity contribution in [2.24, 2.45) is 11.8 Å². The first-order valence-electron chi connectivity index (χ1n) is 4.03. The Morgan fingerprint density at radius 2 is 1.80 bits per heavy atom. The molecule has 0 aliphatic carbocycles. The highest BCUT2D eigenvalue weighted by Crippen LogP contribution is 2.24. The van der Waals surface area contributed by atoms with Crippen LogP contribution >= 0.6 is 0 Å². The van der Waals surface area contributed by atoms with Crippen LogP contribution in [-0.2, 0) is 0 Å². The lowest BCUT2D eigenvalue weighted by Gasteiger charge is -2.43. The smallest absolute Gasteiger partial charge is 0.104 e. The van der Waals surface area contributed by atoms with Gasteiger partial charge in [-0.05, 0) is 18.8 Å². The first-order chi connectivity index (χ1) is 4.61. The highest BCUT2D eigenvalue weighted by Gasteiger charge is 2.30. The van der Waals surface area contributed by atoms with E-state index in [0.717, 1.165) is 24.9 Å². The standard InChI is InChI=1S/C8H17NO/c1-6(2)8-4-9(5-8)7(3)10/h6-8,10H,4-5H2,1-3H3. The number of hydrogen-bond donors (Lipinski definition) is 1. The summed E-state index contributed by atoms with van der Waals surface area (Å²) in [6, 6.07) is 0. The van der Waals surface area contributed by atoms with Crippen molar-refractivity contribution in [1.29, 1.82) is 0 Å². The maximum atomic E-state index is 9.10. The summed E-state index contributed by atoms with van der Waals surface area (Å²) in [5.74, 6) is 1.59. The SMILES string of the molecule is CC(C)C1CN(C(C)O)C1. The molecule has 1 unspecified atom stereocenters. The highest BCUT2D eigenvalue weighted by atomic mass is 16.3. The molecule has 1 saturated heterocycles. The van der Waals surface area contributed by atoms with Crippen LogP contribution in [0.5, 0.6) is 0 Å². The number of likely N-dealkylation sites (tertiary alicyclic amines) is 1. The van der Waals surface area contributed by atoms with Crippen LogP contribution in [0.2, 0.25) is 0 Å². The normalized spacial score (nSPS) is 24.9. The minimum absolute atomic E-state index is 0.241. The summed E-state index contributed by atoms with van der Waals surface area (Å²) in [6.07, 6.45) is -0.241. The number of hydrogen-bond acceptors (Lipinski definition) is 2. The van der Waals surface area contributed by atoms with Gasteiger partial charge >= 0.3 is 0 Å². The molecule has 0 aromatic carbocycles. The summed E-state index contributed by atoms with van der Waals surface area (Å²) in [7, 11) is 0. The topological polar surface area (TPSA) is 23.5 Å². The van der Waals surface area contributed by atoms with Gasteiger partial charge in [0, 0.05) is 13.1 Å². The van der Waals surface area contributed by atoms with E-state index in [1.165, 1.54) is 0 Å². The van der Waals surface area contributed by atoms with E-state index in [1.54, 1.807) is 0 Å². The third-order valence-electron chi connectivity index (χ3n) is 2.41. The Morgan fingerprint density at radius 3 is 2.10 bits per heavy atom.